The summed E-state index contributed by atoms with van der Waals surface area (Å²) in [6.07, 6.45) is -3.77. The molecule has 2 N–H and O–H groups in total. The van der Waals surface area contributed by atoms with Gasteiger partial charge < -0.3 is 20.0 Å². The van der Waals surface area contributed by atoms with Gasteiger partial charge in [0.1, 0.15) is 0 Å². The van der Waals surface area contributed by atoms with Crippen molar-refractivity contribution in [3.8, 4) is 0 Å². The number of carboxylic acids is 2. The summed E-state index contributed by atoms with van der Waals surface area (Å²) in [4.78, 5) is 30.4. The molecule has 36 heavy (non-hydrogen) atoms. The number of anilines is 1. The van der Waals surface area contributed by atoms with Crippen molar-refractivity contribution in [2.75, 3.05) is 37.6 Å². The quantitative estimate of drug-likeness (QED) is 0.564. The largest absolute Gasteiger partial charge is 0.490 e. The van der Waals surface area contributed by atoms with E-state index in [9.17, 15) is 35.1 Å². The normalized spacial score (nSPS) is 23.8. The van der Waals surface area contributed by atoms with Crippen LogP contribution in [0, 0.1) is 11.3 Å². The Morgan fingerprint density at radius 1 is 0.917 bits per heavy atom. The average Bonchev–Trinajstić information content (AvgIpc) is 3.47. The molecule has 2 saturated heterocycles. The van der Waals surface area contributed by atoms with Crippen LogP contribution in [0.4, 0.5) is 41.1 Å². The SMILES string of the molecule is FC1(F)CCN(CC2CC2)CC12CCN(c1ncccn1)C2.O=C(O)C(F)(F)F.O=C(O)C(F)(F)F. The number of likely N-dealkylation sites (tertiary alicyclic amines) is 1. The van der Waals surface area contributed by atoms with Gasteiger partial charge in [-0.15, -0.1) is 0 Å². The maximum Gasteiger partial charge on any atom is 0.490 e. The van der Waals surface area contributed by atoms with Gasteiger partial charge in [-0.25, -0.2) is 28.3 Å². The van der Waals surface area contributed by atoms with E-state index in [2.05, 4.69) is 14.9 Å². The average molecular weight is 536 g/mol. The van der Waals surface area contributed by atoms with E-state index in [1.165, 1.54) is 12.8 Å². The van der Waals surface area contributed by atoms with Crippen molar-refractivity contribution in [2.45, 2.75) is 44.0 Å². The number of aromatic nitrogens is 2. The molecule has 3 heterocycles. The summed E-state index contributed by atoms with van der Waals surface area (Å²) in [5.41, 5.74) is -0.931. The lowest BCUT2D eigenvalue weighted by Gasteiger charge is -2.46. The van der Waals surface area contributed by atoms with E-state index in [1.54, 1.807) is 18.5 Å². The summed E-state index contributed by atoms with van der Waals surface area (Å²) in [6, 6.07) is 1.75. The highest BCUT2D eigenvalue weighted by atomic mass is 19.4. The predicted molar refractivity (Wildman–Crippen MR) is 107 cm³/mol. The highest BCUT2D eigenvalue weighted by Crippen LogP contribution is 2.50. The van der Waals surface area contributed by atoms with Crippen molar-refractivity contribution >= 4 is 17.9 Å². The van der Waals surface area contributed by atoms with Crippen LogP contribution in [0.2, 0.25) is 0 Å². The summed E-state index contributed by atoms with van der Waals surface area (Å²) < 4.78 is 92.8. The smallest absolute Gasteiger partial charge is 0.475 e. The first-order valence-electron chi connectivity index (χ1n) is 10.7. The Balaban J connectivity index is 0.000000271. The first-order chi connectivity index (χ1) is 16.5. The van der Waals surface area contributed by atoms with Crippen LogP contribution in [0.25, 0.3) is 0 Å². The summed E-state index contributed by atoms with van der Waals surface area (Å²) in [7, 11) is 0. The van der Waals surface area contributed by atoms with Crippen molar-refractivity contribution in [3.63, 3.8) is 0 Å². The van der Waals surface area contributed by atoms with Gasteiger partial charge in [0.05, 0.1) is 5.41 Å². The molecule has 1 unspecified atom stereocenters. The van der Waals surface area contributed by atoms with E-state index >= 15 is 0 Å². The Bertz CT molecular complexity index is 872. The second-order valence-corrected chi connectivity index (χ2v) is 8.74. The minimum Gasteiger partial charge on any atom is -0.475 e. The Labute approximate surface area is 199 Å². The molecule has 1 atom stereocenters. The standard InChI is InChI=1S/C16H22F2N4.2C2HF3O2/c17-16(18)5-8-21(10-13-2-3-13)11-15(16)4-9-22(12-15)14-19-6-1-7-20-14;2*3-2(4,5)1(6)7/h1,6-7,13H,2-5,8-12H2;2*(H,6,7). The molecular formula is C20H24F8N4O4. The zero-order valence-corrected chi connectivity index (χ0v) is 18.7. The number of piperidine rings is 1. The van der Waals surface area contributed by atoms with Crippen molar-refractivity contribution in [1.82, 2.24) is 14.9 Å². The molecule has 16 heteroatoms. The second kappa shape index (κ2) is 11.1. The lowest BCUT2D eigenvalue weighted by Crippen LogP contribution is -2.57. The number of alkyl halides is 8. The summed E-state index contributed by atoms with van der Waals surface area (Å²) in [5.74, 6) is -6.77. The minimum atomic E-state index is -5.08. The summed E-state index contributed by atoms with van der Waals surface area (Å²) in [5, 5.41) is 14.2. The molecule has 1 aromatic rings. The van der Waals surface area contributed by atoms with E-state index in [1.807, 2.05) is 4.90 Å². The highest BCUT2D eigenvalue weighted by Gasteiger charge is 2.59. The Morgan fingerprint density at radius 2 is 1.42 bits per heavy atom. The van der Waals surface area contributed by atoms with Gasteiger partial charge in [-0.05, 0) is 31.2 Å². The number of nitrogens with zero attached hydrogens (tertiary/aromatic N) is 4. The molecule has 1 aromatic heterocycles. The monoisotopic (exact) mass is 536 g/mol. The Morgan fingerprint density at radius 3 is 1.86 bits per heavy atom. The number of halogens is 8. The summed E-state index contributed by atoms with van der Waals surface area (Å²) in [6.45, 7) is 3.04. The van der Waals surface area contributed by atoms with Crippen LogP contribution >= 0.6 is 0 Å². The van der Waals surface area contributed by atoms with Gasteiger partial charge >= 0.3 is 24.3 Å². The molecular weight excluding hydrogens is 512 g/mol. The van der Waals surface area contributed by atoms with Crippen molar-refractivity contribution in [1.29, 1.82) is 0 Å². The third-order valence-corrected chi connectivity index (χ3v) is 5.93. The maximum absolute atomic E-state index is 14.7. The lowest BCUT2D eigenvalue weighted by atomic mass is 9.75. The van der Waals surface area contributed by atoms with Gasteiger partial charge in [-0.2, -0.15) is 26.3 Å². The molecule has 2 aliphatic heterocycles. The lowest BCUT2D eigenvalue weighted by molar-refractivity contribution is -0.193. The van der Waals surface area contributed by atoms with E-state index in [4.69, 9.17) is 19.8 Å². The summed E-state index contributed by atoms with van der Waals surface area (Å²) >= 11 is 0. The topological polar surface area (TPSA) is 107 Å². The molecule has 0 bridgehead atoms. The highest BCUT2D eigenvalue weighted by molar-refractivity contribution is 5.73. The Kier molecular flexibility index (Phi) is 9.07. The molecule has 8 nitrogen and oxygen atoms in total. The third-order valence-electron chi connectivity index (χ3n) is 5.93. The fourth-order valence-electron chi connectivity index (χ4n) is 3.93. The van der Waals surface area contributed by atoms with E-state index in [-0.39, 0.29) is 6.42 Å². The van der Waals surface area contributed by atoms with Gasteiger partial charge in [0.2, 0.25) is 5.95 Å². The van der Waals surface area contributed by atoms with Crippen molar-refractivity contribution in [3.05, 3.63) is 18.5 Å². The molecule has 3 fully saturated rings. The molecule has 1 spiro atoms. The van der Waals surface area contributed by atoms with E-state index in [0.29, 0.717) is 38.5 Å². The van der Waals surface area contributed by atoms with Crippen molar-refractivity contribution < 1.29 is 54.9 Å². The predicted octanol–water partition coefficient (Wildman–Crippen LogP) is 3.69. The fourth-order valence-corrected chi connectivity index (χ4v) is 3.93. The number of carbonyl (C=O) groups is 2. The maximum atomic E-state index is 14.7. The van der Waals surface area contributed by atoms with Gasteiger partial charge in [0, 0.05) is 51.5 Å². The zero-order chi connectivity index (χ0) is 27.4. The van der Waals surface area contributed by atoms with Crippen LogP contribution in [0.15, 0.2) is 18.5 Å². The molecule has 0 amide bonds. The van der Waals surface area contributed by atoms with Crippen LogP contribution in [-0.4, -0.2) is 88.0 Å². The molecule has 0 aromatic carbocycles. The van der Waals surface area contributed by atoms with Gasteiger partial charge in [0.15, 0.2) is 0 Å². The fraction of sp³-hybridized carbons (Fsp3) is 0.700. The van der Waals surface area contributed by atoms with Crippen LogP contribution in [0.5, 0.6) is 0 Å². The number of carboxylic acid groups (broad SMARTS) is 2. The number of hydrogen-bond donors (Lipinski definition) is 2. The van der Waals surface area contributed by atoms with Crippen LogP contribution < -0.4 is 4.90 Å². The van der Waals surface area contributed by atoms with Gasteiger partial charge in [0.25, 0.3) is 5.92 Å². The molecule has 1 aliphatic carbocycles. The minimum absolute atomic E-state index is 0.0107. The molecule has 1 saturated carbocycles. The molecule has 4 rings (SSSR count). The first kappa shape index (κ1) is 29.5. The molecule has 204 valence electrons. The number of hydrogen-bond acceptors (Lipinski definition) is 6. The van der Waals surface area contributed by atoms with Crippen LogP contribution in [0.1, 0.15) is 25.7 Å². The molecule has 0 radical (unpaired) electrons. The number of aliphatic carboxylic acids is 2. The zero-order valence-electron chi connectivity index (χ0n) is 18.7. The van der Waals surface area contributed by atoms with E-state index in [0.717, 1.165) is 12.5 Å². The third kappa shape index (κ3) is 8.13. The van der Waals surface area contributed by atoms with Gasteiger partial charge in [-0.3, -0.25) is 0 Å². The van der Waals surface area contributed by atoms with E-state index < -0.39 is 35.6 Å². The number of rotatable bonds is 3. The van der Waals surface area contributed by atoms with Crippen LogP contribution in [-0.2, 0) is 9.59 Å². The van der Waals surface area contributed by atoms with Gasteiger partial charge in [-0.1, -0.05) is 0 Å². The first-order valence-corrected chi connectivity index (χ1v) is 10.7. The second-order valence-electron chi connectivity index (χ2n) is 8.74. The van der Waals surface area contributed by atoms with Crippen LogP contribution in [0.3, 0.4) is 0 Å². The molecule has 3 aliphatic rings. The Hall–Kier alpha value is -2.78. The van der Waals surface area contributed by atoms with Crippen molar-refractivity contribution in [2.24, 2.45) is 11.3 Å².